The average molecular weight is 263 g/mol. The fourth-order valence-electron chi connectivity index (χ4n) is 2.83. The second-order valence-electron chi connectivity index (χ2n) is 5.74. The van der Waals surface area contributed by atoms with Gasteiger partial charge in [-0.3, -0.25) is 0 Å². The van der Waals surface area contributed by atoms with E-state index in [9.17, 15) is 0 Å². The molecule has 0 saturated carbocycles. The van der Waals surface area contributed by atoms with E-state index in [1.807, 2.05) is 6.92 Å². The Morgan fingerprint density at radius 3 is 2.53 bits per heavy atom. The van der Waals surface area contributed by atoms with Crippen LogP contribution in [0, 0.1) is 12.8 Å². The topological polar surface area (TPSA) is 58.3 Å². The van der Waals surface area contributed by atoms with Crippen LogP contribution in [0.4, 0.5) is 11.6 Å². The van der Waals surface area contributed by atoms with Crippen LogP contribution in [-0.2, 0) is 6.42 Å². The molecule has 1 aliphatic heterocycles. The zero-order valence-corrected chi connectivity index (χ0v) is 12.6. The number of aromatic nitrogens is 2. The van der Waals surface area contributed by atoms with E-state index < -0.39 is 0 Å². The smallest absolute Gasteiger partial charge is 0.137 e. The van der Waals surface area contributed by atoms with Crippen LogP contribution >= 0.6 is 0 Å². The van der Waals surface area contributed by atoms with Crippen LogP contribution in [0.1, 0.15) is 25.2 Å². The average Bonchev–Trinajstić information content (AvgIpc) is 2.74. The van der Waals surface area contributed by atoms with E-state index in [4.69, 9.17) is 5.73 Å². The van der Waals surface area contributed by atoms with Gasteiger partial charge in [-0.15, -0.1) is 0 Å². The molecule has 2 rings (SSSR count). The second kappa shape index (κ2) is 5.33. The van der Waals surface area contributed by atoms with Gasteiger partial charge in [0.15, 0.2) is 0 Å². The molecular formula is C14H25N5. The van der Waals surface area contributed by atoms with Crippen molar-refractivity contribution in [2.24, 2.45) is 5.92 Å². The van der Waals surface area contributed by atoms with Crippen molar-refractivity contribution in [3.8, 4) is 0 Å². The van der Waals surface area contributed by atoms with Gasteiger partial charge in [-0.25, -0.2) is 9.97 Å². The summed E-state index contributed by atoms with van der Waals surface area (Å²) in [4.78, 5) is 13.7. The Labute approximate surface area is 115 Å². The highest BCUT2D eigenvalue weighted by molar-refractivity contribution is 5.57. The van der Waals surface area contributed by atoms with Gasteiger partial charge in [-0.1, -0.05) is 13.8 Å². The standard InChI is InChI=1S/C14H25N5/c1-6-12-16-13(15)10(3)14(17-12)19-7-9(2)11(8-19)18(4)5/h9,11H,6-8H2,1-5H3,(H2,15,16,17). The van der Waals surface area contributed by atoms with Gasteiger partial charge in [0.1, 0.15) is 17.5 Å². The third-order valence-electron chi connectivity index (χ3n) is 4.06. The lowest BCUT2D eigenvalue weighted by Crippen LogP contribution is -2.34. The van der Waals surface area contributed by atoms with Gasteiger partial charge in [0.25, 0.3) is 0 Å². The second-order valence-corrected chi connectivity index (χ2v) is 5.74. The Balaban J connectivity index is 2.30. The summed E-state index contributed by atoms with van der Waals surface area (Å²) in [5, 5.41) is 0. The molecular weight excluding hydrogens is 238 g/mol. The number of hydrogen-bond acceptors (Lipinski definition) is 5. The minimum Gasteiger partial charge on any atom is -0.383 e. The van der Waals surface area contributed by atoms with Crippen LogP contribution in [0.25, 0.3) is 0 Å². The van der Waals surface area contributed by atoms with Crippen molar-refractivity contribution >= 4 is 11.6 Å². The molecule has 0 radical (unpaired) electrons. The van der Waals surface area contributed by atoms with Crippen molar-refractivity contribution in [1.82, 2.24) is 14.9 Å². The van der Waals surface area contributed by atoms with Crippen molar-refractivity contribution in [2.45, 2.75) is 33.2 Å². The van der Waals surface area contributed by atoms with E-state index in [2.05, 4.69) is 47.7 Å². The van der Waals surface area contributed by atoms with Crippen LogP contribution in [0.3, 0.4) is 0 Å². The number of hydrogen-bond donors (Lipinski definition) is 1. The first-order valence-corrected chi connectivity index (χ1v) is 6.98. The lowest BCUT2D eigenvalue weighted by atomic mass is 10.1. The predicted molar refractivity (Wildman–Crippen MR) is 79.4 cm³/mol. The van der Waals surface area contributed by atoms with E-state index in [0.29, 0.717) is 17.8 Å². The first kappa shape index (κ1) is 14.1. The molecule has 1 fully saturated rings. The van der Waals surface area contributed by atoms with E-state index >= 15 is 0 Å². The lowest BCUT2D eigenvalue weighted by Gasteiger charge is -2.23. The maximum atomic E-state index is 6.01. The Kier molecular flexibility index (Phi) is 3.94. The monoisotopic (exact) mass is 263 g/mol. The summed E-state index contributed by atoms with van der Waals surface area (Å²) in [6, 6.07) is 0.570. The Hall–Kier alpha value is -1.36. The normalized spacial score (nSPS) is 23.4. The van der Waals surface area contributed by atoms with Gasteiger partial charge in [0, 0.05) is 31.1 Å². The van der Waals surface area contributed by atoms with E-state index in [1.54, 1.807) is 0 Å². The summed E-state index contributed by atoms with van der Waals surface area (Å²) in [5.74, 6) is 3.10. The molecule has 5 heteroatoms. The molecule has 0 bridgehead atoms. The van der Waals surface area contributed by atoms with Gasteiger partial charge in [-0.05, 0) is 26.9 Å². The Morgan fingerprint density at radius 2 is 2.00 bits per heavy atom. The van der Waals surface area contributed by atoms with Gasteiger partial charge in [-0.2, -0.15) is 0 Å². The van der Waals surface area contributed by atoms with Gasteiger partial charge in [0.05, 0.1) is 0 Å². The van der Waals surface area contributed by atoms with E-state index in [-0.39, 0.29) is 0 Å². The summed E-state index contributed by atoms with van der Waals surface area (Å²) < 4.78 is 0. The number of nitrogen functional groups attached to an aromatic ring is 1. The van der Waals surface area contributed by atoms with Gasteiger partial charge < -0.3 is 15.5 Å². The SMILES string of the molecule is CCc1nc(N)c(C)c(N2CC(C)C(N(C)C)C2)n1. The Bertz CT molecular complexity index is 457. The molecule has 19 heavy (non-hydrogen) atoms. The van der Waals surface area contributed by atoms with Crippen molar-refractivity contribution in [3.05, 3.63) is 11.4 Å². The first-order valence-electron chi connectivity index (χ1n) is 6.98. The molecule has 2 unspecified atom stereocenters. The summed E-state index contributed by atoms with van der Waals surface area (Å²) in [6.07, 6.45) is 0.817. The third kappa shape index (κ3) is 2.66. The van der Waals surface area contributed by atoms with Gasteiger partial charge in [0.2, 0.25) is 0 Å². The minimum absolute atomic E-state index is 0.570. The molecule has 0 aromatic carbocycles. The zero-order chi connectivity index (χ0) is 14.2. The number of nitrogens with two attached hydrogens (primary N) is 1. The van der Waals surface area contributed by atoms with Crippen LogP contribution in [0.15, 0.2) is 0 Å². The fourth-order valence-corrected chi connectivity index (χ4v) is 2.83. The molecule has 1 saturated heterocycles. The number of likely N-dealkylation sites (N-methyl/N-ethyl adjacent to an activating group) is 1. The van der Waals surface area contributed by atoms with Crippen LogP contribution in [0.2, 0.25) is 0 Å². The molecule has 1 aliphatic rings. The molecule has 0 aliphatic carbocycles. The number of aryl methyl sites for hydroxylation is 1. The molecule has 2 atom stereocenters. The van der Waals surface area contributed by atoms with Crippen LogP contribution in [0.5, 0.6) is 0 Å². The number of anilines is 2. The predicted octanol–water partition coefficient (Wildman–Crippen LogP) is 1.32. The molecule has 1 aromatic heterocycles. The molecule has 0 amide bonds. The Morgan fingerprint density at radius 1 is 1.32 bits per heavy atom. The highest BCUT2D eigenvalue weighted by Crippen LogP contribution is 2.28. The van der Waals surface area contributed by atoms with Crippen molar-refractivity contribution in [1.29, 1.82) is 0 Å². The quantitative estimate of drug-likeness (QED) is 0.891. The van der Waals surface area contributed by atoms with Crippen LogP contribution in [-0.4, -0.2) is 48.1 Å². The number of rotatable bonds is 3. The first-order chi connectivity index (χ1) is 8.93. The van der Waals surface area contributed by atoms with Crippen LogP contribution < -0.4 is 10.6 Å². The molecule has 106 valence electrons. The summed E-state index contributed by atoms with van der Waals surface area (Å²) in [6.45, 7) is 8.41. The zero-order valence-electron chi connectivity index (χ0n) is 12.6. The minimum atomic E-state index is 0.570. The largest absolute Gasteiger partial charge is 0.383 e. The number of nitrogens with zero attached hydrogens (tertiary/aromatic N) is 4. The molecule has 2 N–H and O–H groups in total. The van der Waals surface area contributed by atoms with Crippen molar-refractivity contribution in [3.63, 3.8) is 0 Å². The molecule has 0 spiro atoms. The summed E-state index contributed by atoms with van der Waals surface area (Å²) in [5.41, 5.74) is 7.01. The maximum absolute atomic E-state index is 6.01. The van der Waals surface area contributed by atoms with Crippen molar-refractivity contribution in [2.75, 3.05) is 37.8 Å². The summed E-state index contributed by atoms with van der Waals surface area (Å²) in [7, 11) is 4.28. The summed E-state index contributed by atoms with van der Waals surface area (Å²) >= 11 is 0. The molecule has 5 nitrogen and oxygen atoms in total. The molecule has 1 aromatic rings. The fraction of sp³-hybridized carbons (Fsp3) is 0.714. The lowest BCUT2D eigenvalue weighted by molar-refractivity contribution is 0.266. The highest BCUT2D eigenvalue weighted by Gasteiger charge is 2.32. The van der Waals surface area contributed by atoms with Gasteiger partial charge >= 0.3 is 0 Å². The maximum Gasteiger partial charge on any atom is 0.137 e. The third-order valence-corrected chi connectivity index (χ3v) is 4.06. The van der Waals surface area contributed by atoms with Crippen molar-refractivity contribution < 1.29 is 0 Å². The highest BCUT2D eigenvalue weighted by atomic mass is 15.3. The molecule has 2 heterocycles. The van der Waals surface area contributed by atoms with E-state index in [0.717, 1.165) is 36.7 Å². The van der Waals surface area contributed by atoms with E-state index in [1.165, 1.54) is 0 Å².